The highest BCUT2D eigenvalue weighted by Gasteiger charge is 2.21. The Morgan fingerprint density at radius 1 is 1.37 bits per heavy atom. The van der Waals surface area contributed by atoms with Gasteiger partial charge in [0.05, 0.1) is 0 Å². The second-order valence-electron chi connectivity index (χ2n) is 4.54. The fourth-order valence-electron chi connectivity index (χ4n) is 1.86. The summed E-state index contributed by atoms with van der Waals surface area (Å²) in [7, 11) is 0. The zero-order valence-electron chi connectivity index (χ0n) is 11.1. The summed E-state index contributed by atoms with van der Waals surface area (Å²) in [6.45, 7) is 4.04. The molecule has 4 heteroatoms. The fourth-order valence-corrected chi connectivity index (χ4v) is 2.81. The maximum Gasteiger partial charge on any atom is 0.148 e. The first kappa shape index (κ1) is 14.4. The lowest BCUT2D eigenvalue weighted by Crippen LogP contribution is -2.30. The summed E-state index contributed by atoms with van der Waals surface area (Å²) in [5.41, 5.74) is 7.19. The molecule has 2 aromatic rings. The minimum Gasteiger partial charge on any atom is -0.483 e. The van der Waals surface area contributed by atoms with Crippen molar-refractivity contribution in [3.05, 3.63) is 51.2 Å². The predicted octanol–water partition coefficient (Wildman–Crippen LogP) is 4.57. The fraction of sp³-hybridized carbons (Fsp3) is 0.333. The summed E-state index contributed by atoms with van der Waals surface area (Å²) in [4.78, 5) is 1.15. The van der Waals surface area contributed by atoms with E-state index < -0.39 is 0 Å². The van der Waals surface area contributed by atoms with Crippen molar-refractivity contribution in [2.24, 2.45) is 5.73 Å². The average molecular weight is 296 g/mol. The van der Waals surface area contributed by atoms with Gasteiger partial charge in [-0.1, -0.05) is 24.6 Å². The third-order valence-electron chi connectivity index (χ3n) is 3.08. The van der Waals surface area contributed by atoms with Crippen molar-refractivity contribution in [3.8, 4) is 5.75 Å². The van der Waals surface area contributed by atoms with Crippen LogP contribution in [-0.4, -0.2) is 6.04 Å². The predicted molar refractivity (Wildman–Crippen MR) is 82.1 cm³/mol. The Morgan fingerprint density at radius 3 is 2.74 bits per heavy atom. The topological polar surface area (TPSA) is 35.2 Å². The molecule has 102 valence electrons. The SMILES string of the molecule is CCC(N)C(Oc1ccc(Cl)c(C)c1)c1cccs1. The monoisotopic (exact) mass is 295 g/mol. The van der Waals surface area contributed by atoms with Crippen molar-refractivity contribution in [1.82, 2.24) is 0 Å². The Balaban J connectivity index is 2.23. The minimum atomic E-state index is -0.106. The molecule has 0 fully saturated rings. The van der Waals surface area contributed by atoms with E-state index in [4.69, 9.17) is 22.1 Å². The lowest BCUT2D eigenvalue weighted by atomic mass is 10.1. The first-order valence-electron chi connectivity index (χ1n) is 6.33. The van der Waals surface area contributed by atoms with Crippen molar-refractivity contribution in [2.45, 2.75) is 32.4 Å². The highest BCUT2D eigenvalue weighted by Crippen LogP contribution is 2.30. The smallest absolute Gasteiger partial charge is 0.148 e. The van der Waals surface area contributed by atoms with Gasteiger partial charge in [0.1, 0.15) is 11.9 Å². The van der Waals surface area contributed by atoms with Gasteiger partial charge in [-0.05, 0) is 48.6 Å². The van der Waals surface area contributed by atoms with Crippen LogP contribution in [0.15, 0.2) is 35.7 Å². The van der Waals surface area contributed by atoms with E-state index in [9.17, 15) is 0 Å². The molecule has 2 atom stereocenters. The van der Waals surface area contributed by atoms with Crippen LogP contribution in [0.25, 0.3) is 0 Å². The standard InChI is InChI=1S/C15H18ClNOS/c1-3-13(17)15(14-5-4-8-19-14)18-11-6-7-12(16)10(2)9-11/h4-9,13,15H,3,17H2,1-2H3. The van der Waals surface area contributed by atoms with Crippen molar-refractivity contribution < 1.29 is 4.74 Å². The van der Waals surface area contributed by atoms with Crippen molar-refractivity contribution >= 4 is 22.9 Å². The molecule has 0 amide bonds. The third kappa shape index (κ3) is 3.50. The lowest BCUT2D eigenvalue weighted by Gasteiger charge is -2.23. The van der Waals surface area contributed by atoms with Crippen molar-refractivity contribution in [3.63, 3.8) is 0 Å². The van der Waals surface area contributed by atoms with Crippen LogP contribution in [0.1, 0.15) is 29.9 Å². The van der Waals surface area contributed by atoms with Crippen LogP contribution in [0.2, 0.25) is 5.02 Å². The second kappa shape index (κ2) is 6.42. The van der Waals surface area contributed by atoms with Gasteiger partial charge in [0.2, 0.25) is 0 Å². The van der Waals surface area contributed by atoms with Gasteiger partial charge in [-0.15, -0.1) is 11.3 Å². The Labute approximate surface area is 123 Å². The number of ether oxygens (including phenoxy) is 1. The molecule has 0 radical (unpaired) electrons. The molecule has 0 aliphatic heterocycles. The van der Waals surface area contributed by atoms with Gasteiger partial charge >= 0.3 is 0 Å². The van der Waals surface area contributed by atoms with Crippen LogP contribution in [0, 0.1) is 6.92 Å². The van der Waals surface area contributed by atoms with Crippen LogP contribution in [-0.2, 0) is 0 Å². The van der Waals surface area contributed by atoms with Gasteiger partial charge in [-0.2, -0.15) is 0 Å². The molecule has 2 unspecified atom stereocenters. The highest BCUT2D eigenvalue weighted by atomic mass is 35.5. The van der Waals surface area contributed by atoms with E-state index in [2.05, 4.69) is 13.0 Å². The van der Waals surface area contributed by atoms with E-state index in [1.54, 1.807) is 11.3 Å². The number of hydrogen-bond acceptors (Lipinski definition) is 3. The Kier molecular flexibility index (Phi) is 4.86. The first-order valence-corrected chi connectivity index (χ1v) is 7.59. The molecule has 2 rings (SSSR count). The van der Waals surface area contributed by atoms with Gasteiger partial charge in [0.15, 0.2) is 0 Å². The summed E-state index contributed by atoms with van der Waals surface area (Å²) < 4.78 is 6.07. The number of hydrogen-bond donors (Lipinski definition) is 1. The summed E-state index contributed by atoms with van der Waals surface area (Å²) in [6.07, 6.45) is 0.764. The van der Waals surface area contributed by atoms with E-state index in [0.717, 1.165) is 27.6 Å². The van der Waals surface area contributed by atoms with Crippen molar-refractivity contribution in [1.29, 1.82) is 0 Å². The molecule has 2 nitrogen and oxygen atoms in total. The third-order valence-corrected chi connectivity index (χ3v) is 4.43. The Bertz CT molecular complexity index is 527. The summed E-state index contributed by atoms with van der Waals surface area (Å²) in [6, 6.07) is 9.76. The number of rotatable bonds is 5. The second-order valence-corrected chi connectivity index (χ2v) is 5.92. The summed E-state index contributed by atoms with van der Waals surface area (Å²) in [5, 5.41) is 2.79. The molecule has 0 aliphatic rings. The van der Waals surface area contributed by atoms with Gasteiger partial charge < -0.3 is 10.5 Å². The largest absolute Gasteiger partial charge is 0.483 e. The lowest BCUT2D eigenvalue weighted by molar-refractivity contribution is 0.174. The molecule has 19 heavy (non-hydrogen) atoms. The Hall–Kier alpha value is -1.03. The minimum absolute atomic E-state index is 0.0189. The normalized spacial score (nSPS) is 14.1. The van der Waals surface area contributed by atoms with Gasteiger partial charge in [0, 0.05) is 15.9 Å². The maximum atomic E-state index is 6.18. The van der Waals surface area contributed by atoms with E-state index in [-0.39, 0.29) is 12.1 Å². The van der Waals surface area contributed by atoms with Crippen LogP contribution >= 0.6 is 22.9 Å². The molecule has 1 heterocycles. The number of aryl methyl sites for hydroxylation is 1. The van der Waals surface area contributed by atoms with Crippen LogP contribution in [0.3, 0.4) is 0 Å². The zero-order valence-corrected chi connectivity index (χ0v) is 12.7. The number of thiophene rings is 1. The molecule has 1 aromatic heterocycles. The van der Waals surface area contributed by atoms with E-state index in [1.165, 1.54) is 0 Å². The van der Waals surface area contributed by atoms with Gasteiger partial charge in [0.25, 0.3) is 0 Å². The van der Waals surface area contributed by atoms with Crippen LogP contribution in [0.5, 0.6) is 5.75 Å². The maximum absolute atomic E-state index is 6.18. The highest BCUT2D eigenvalue weighted by molar-refractivity contribution is 7.10. The summed E-state index contributed by atoms with van der Waals surface area (Å²) >= 11 is 7.70. The molecule has 0 spiro atoms. The number of halogens is 1. The Morgan fingerprint density at radius 2 is 2.16 bits per heavy atom. The molecule has 0 aliphatic carbocycles. The van der Waals surface area contributed by atoms with E-state index in [0.29, 0.717) is 0 Å². The summed E-state index contributed by atoms with van der Waals surface area (Å²) in [5.74, 6) is 0.809. The molecule has 1 aromatic carbocycles. The molecule has 0 saturated carbocycles. The van der Waals surface area contributed by atoms with Crippen molar-refractivity contribution in [2.75, 3.05) is 0 Å². The van der Waals surface area contributed by atoms with Crippen LogP contribution < -0.4 is 10.5 Å². The van der Waals surface area contributed by atoms with E-state index in [1.807, 2.05) is 36.6 Å². The quantitative estimate of drug-likeness (QED) is 0.877. The molecular formula is C15H18ClNOS. The van der Waals surface area contributed by atoms with E-state index >= 15 is 0 Å². The molecular weight excluding hydrogens is 278 g/mol. The van der Waals surface area contributed by atoms with Gasteiger partial charge in [-0.3, -0.25) is 0 Å². The van der Waals surface area contributed by atoms with Crippen LogP contribution in [0.4, 0.5) is 0 Å². The first-order chi connectivity index (χ1) is 9.11. The number of benzene rings is 1. The average Bonchev–Trinajstić information content (AvgIpc) is 2.93. The molecule has 0 saturated heterocycles. The molecule has 2 N–H and O–H groups in total. The zero-order chi connectivity index (χ0) is 13.8. The molecule has 0 bridgehead atoms. The number of nitrogens with two attached hydrogens (primary N) is 1. The van der Waals surface area contributed by atoms with Gasteiger partial charge in [-0.25, -0.2) is 0 Å².